The van der Waals surface area contributed by atoms with Gasteiger partial charge >= 0.3 is 5.69 Å². The van der Waals surface area contributed by atoms with Crippen LogP contribution >= 0.6 is 11.3 Å². The van der Waals surface area contributed by atoms with Crippen LogP contribution in [0.5, 0.6) is 0 Å². The van der Waals surface area contributed by atoms with E-state index in [2.05, 4.69) is 0 Å². The van der Waals surface area contributed by atoms with E-state index in [9.17, 15) is 9.59 Å². The molecule has 0 amide bonds. The first kappa shape index (κ1) is 12.9. The Hall–Kier alpha value is -2.14. The molecule has 4 nitrogen and oxygen atoms in total. The zero-order valence-electron chi connectivity index (χ0n) is 11.3. The normalized spacial score (nSPS) is 11.1. The van der Waals surface area contributed by atoms with E-state index >= 15 is 0 Å². The Labute approximate surface area is 119 Å². The number of benzene rings is 1. The van der Waals surface area contributed by atoms with Crippen molar-refractivity contribution in [1.82, 2.24) is 9.13 Å². The fourth-order valence-electron chi connectivity index (χ4n) is 2.33. The highest BCUT2D eigenvalue weighted by Gasteiger charge is 2.11. The lowest BCUT2D eigenvalue weighted by Crippen LogP contribution is -2.39. The molecule has 0 unspecified atom stereocenters. The predicted octanol–water partition coefficient (Wildman–Crippen LogP) is 2.12. The van der Waals surface area contributed by atoms with Crippen molar-refractivity contribution in [3.8, 4) is 0 Å². The molecule has 2 aromatic heterocycles. The minimum Gasteiger partial charge on any atom is -0.296 e. The SMILES string of the molecule is Cc1ccc(Cn2c(=O)c3ccccc3n(C)c2=O)s1. The van der Waals surface area contributed by atoms with Crippen molar-refractivity contribution in [3.05, 3.63) is 67.0 Å². The van der Waals surface area contributed by atoms with Gasteiger partial charge in [0.15, 0.2) is 0 Å². The smallest absolute Gasteiger partial charge is 0.296 e. The molecule has 2 heterocycles. The van der Waals surface area contributed by atoms with Crippen molar-refractivity contribution in [2.24, 2.45) is 7.05 Å². The van der Waals surface area contributed by atoms with Crippen LogP contribution in [0.4, 0.5) is 0 Å². The van der Waals surface area contributed by atoms with Crippen molar-refractivity contribution < 1.29 is 0 Å². The summed E-state index contributed by atoms with van der Waals surface area (Å²) >= 11 is 1.60. The van der Waals surface area contributed by atoms with Crippen molar-refractivity contribution in [1.29, 1.82) is 0 Å². The summed E-state index contributed by atoms with van der Waals surface area (Å²) in [6.07, 6.45) is 0. The van der Waals surface area contributed by atoms with E-state index in [-0.39, 0.29) is 11.2 Å². The minimum absolute atomic E-state index is 0.227. The molecule has 3 rings (SSSR count). The first-order valence-corrected chi connectivity index (χ1v) is 7.13. The monoisotopic (exact) mass is 286 g/mol. The third kappa shape index (κ3) is 2.00. The van der Waals surface area contributed by atoms with Crippen LogP contribution in [0.1, 0.15) is 9.75 Å². The highest BCUT2D eigenvalue weighted by molar-refractivity contribution is 7.11. The highest BCUT2D eigenvalue weighted by atomic mass is 32.1. The van der Waals surface area contributed by atoms with Gasteiger partial charge in [-0.3, -0.25) is 13.9 Å². The molecule has 0 saturated heterocycles. The number of hydrogen-bond acceptors (Lipinski definition) is 3. The van der Waals surface area contributed by atoms with Crippen LogP contribution in [0.3, 0.4) is 0 Å². The summed E-state index contributed by atoms with van der Waals surface area (Å²) in [4.78, 5) is 27.0. The number of aromatic nitrogens is 2. The maximum Gasteiger partial charge on any atom is 0.331 e. The lowest BCUT2D eigenvalue weighted by Gasteiger charge is -2.09. The lowest BCUT2D eigenvalue weighted by atomic mass is 10.2. The zero-order valence-corrected chi connectivity index (χ0v) is 12.1. The maximum atomic E-state index is 12.5. The number of para-hydroxylation sites is 1. The average molecular weight is 286 g/mol. The first-order chi connectivity index (χ1) is 9.58. The number of hydrogen-bond donors (Lipinski definition) is 0. The number of aryl methyl sites for hydroxylation is 2. The Kier molecular flexibility index (Phi) is 3.06. The molecule has 5 heteroatoms. The Morgan fingerprint density at radius 1 is 1.10 bits per heavy atom. The minimum atomic E-state index is -0.278. The van der Waals surface area contributed by atoms with Gasteiger partial charge in [-0.1, -0.05) is 12.1 Å². The maximum absolute atomic E-state index is 12.5. The number of nitrogens with zero attached hydrogens (tertiary/aromatic N) is 2. The van der Waals surface area contributed by atoms with E-state index in [0.29, 0.717) is 17.4 Å². The van der Waals surface area contributed by atoms with Gasteiger partial charge in [0.25, 0.3) is 5.56 Å². The summed E-state index contributed by atoms with van der Waals surface area (Å²) in [5.74, 6) is 0. The van der Waals surface area contributed by atoms with E-state index in [4.69, 9.17) is 0 Å². The van der Waals surface area contributed by atoms with E-state index in [1.807, 2.05) is 31.2 Å². The summed E-state index contributed by atoms with van der Waals surface area (Å²) < 4.78 is 2.82. The molecule has 0 atom stereocenters. The van der Waals surface area contributed by atoms with Gasteiger partial charge in [0.2, 0.25) is 0 Å². The topological polar surface area (TPSA) is 44.0 Å². The summed E-state index contributed by atoms with van der Waals surface area (Å²) in [5, 5.41) is 0.572. The summed E-state index contributed by atoms with van der Waals surface area (Å²) in [6.45, 7) is 2.34. The summed E-state index contributed by atoms with van der Waals surface area (Å²) in [6, 6.07) is 11.1. The van der Waals surface area contributed by atoms with Gasteiger partial charge in [0.1, 0.15) is 0 Å². The number of fused-ring (bicyclic) bond motifs is 1. The van der Waals surface area contributed by atoms with E-state index in [1.165, 1.54) is 14.0 Å². The number of thiophene rings is 1. The third-order valence-corrected chi connectivity index (χ3v) is 4.35. The lowest BCUT2D eigenvalue weighted by molar-refractivity contribution is 0.666. The fraction of sp³-hybridized carbons (Fsp3) is 0.200. The predicted molar refractivity (Wildman–Crippen MR) is 81.6 cm³/mol. The Morgan fingerprint density at radius 3 is 2.55 bits per heavy atom. The summed E-state index contributed by atoms with van der Waals surface area (Å²) in [5.41, 5.74) is 0.163. The molecule has 0 bridgehead atoms. The van der Waals surface area contributed by atoms with Gasteiger partial charge in [0, 0.05) is 16.8 Å². The molecule has 0 aliphatic carbocycles. The van der Waals surface area contributed by atoms with Gasteiger partial charge in [-0.05, 0) is 31.2 Å². The van der Waals surface area contributed by atoms with Crippen LogP contribution in [0, 0.1) is 6.92 Å². The largest absolute Gasteiger partial charge is 0.331 e. The molecule has 0 saturated carbocycles. The molecule has 0 spiro atoms. The molecule has 0 aliphatic rings. The van der Waals surface area contributed by atoms with Gasteiger partial charge in [-0.15, -0.1) is 11.3 Å². The standard InChI is InChI=1S/C15H14N2O2S/c1-10-7-8-11(20-10)9-17-14(18)12-5-3-4-6-13(12)16(2)15(17)19/h3-8H,9H2,1-2H3. The van der Waals surface area contributed by atoms with Crippen LogP contribution < -0.4 is 11.2 Å². The van der Waals surface area contributed by atoms with E-state index in [0.717, 1.165) is 4.88 Å². The van der Waals surface area contributed by atoms with Crippen molar-refractivity contribution in [3.63, 3.8) is 0 Å². The second kappa shape index (κ2) is 4.76. The zero-order chi connectivity index (χ0) is 14.3. The Balaban J connectivity index is 2.26. The van der Waals surface area contributed by atoms with Gasteiger partial charge in [-0.25, -0.2) is 4.79 Å². The molecule has 0 aliphatic heterocycles. The number of rotatable bonds is 2. The molecule has 0 radical (unpaired) electrons. The van der Waals surface area contributed by atoms with Crippen molar-refractivity contribution in [2.45, 2.75) is 13.5 Å². The average Bonchev–Trinajstić information content (AvgIpc) is 2.86. The molecular weight excluding hydrogens is 272 g/mol. The molecule has 3 aromatic rings. The summed E-state index contributed by atoms with van der Waals surface area (Å²) in [7, 11) is 1.69. The van der Waals surface area contributed by atoms with Crippen LogP contribution in [-0.2, 0) is 13.6 Å². The van der Waals surface area contributed by atoms with Gasteiger partial charge in [-0.2, -0.15) is 0 Å². The molecule has 20 heavy (non-hydrogen) atoms. The van der Waals surface area contributed by atoms with Crippen LogP contribution in [0.15, 0.2) is 46.0 Å². The molecule has 1 aromatic carbocycles. The first-order valence-electron chi connectivity index (χ1n) is 6.32. The molecule has 0 fully saturated rings. The van der Waals surface area contributed by atoms with Crippen molar-refractivity contribution in [2.75, 3.05) is 0 Å². The Morgan fingerprint density at radius 2 is 1.85 bits per heavy atom. The van der Waals surface area contributed by atoms with Crippen LogP contribution in [-0.4, -0.2) is 9.13 Å². The fourth-order valence-corrected chi connectivity index (χ4v) is 3.21. The molecule has 0 N–H and O–H groups in total. The van der Waals surface area contributed by atoms with Crippen molar-refractivity contribution >= 4 is 22.2 Å². The second-order valence-electron chi connectivity index (χ2n) is 4.76. The quantitative estimate of drug-likeness (QED) is 0.724. The van der Waals surface area contributed by atoms with E-state index in [1.54, 1.807) is 30.5 Å². The molecule has 102 valence electrons. The van der Waals surface area contributed by atoms with Crippen LogP contribution in [0.2, 0.25) is 0 Å². The van der Waals surface area contributed by atoms with Crippen LogP contribution in [0.25, 0.3) is 10.9 Å². The van der Waals surface area contributed by atoms with E-state index < -0.39 is 0 Å². The highest BCUT2D eigenvalue weighted by Crippen LogP contribution is 2.15. The Bertz CT molecular complexity index is 902. The molecular formula is C15H14N2O2S. The van der Waals surface area contributed by atoms with Gasteiger partial charge < -0.3 is 0 Å². The van der Waals surface area contributed by atoms with Gasteiger partial charge in [0.05, 0.1) is 17.4 Å². The second-order valence-corrected chi connectivity index (χ2v) is 6.13. The third-order valence-electron chi connectivity index (χ3n) is 3.37.